The Bertz CT molecular complexity index is 710. The molecule has 1 aromatic heterocycles. The molecule has 0 spiro atoms. The van der Waals surface area contributed by atoms with Crippen LogP contribution in [0.4, 0.5) is 4.39 Å². The smallest absolute Gasteiger partial charge is 0.252 e. The van der Waals surface area contributed by atoms with Crippen LogP contribution in [0.25, 0.3) is 11.3 Å². The summed E-state index contributed by atoms with van der Waals surface area (Å²) < 4.78 is 13.3. The van der Waals surface area contributed by atoms with Crippen molar-refractivity contribution in [2.75, 3.05) is 6.54 Å². The van der Waals surface area contributed by atoms with Crippen LogP contribution in [-0.4, -0.2) is 28.1 Å². The molecule has 0 unspecified atom stereocenters. The molecule has 1 aliphatic rings. The summed E-state index contributed by atoms with van der Waals surface area (Å²) in [5.74, 6) is -0.580. The van der Waals surface area contributed by atoms with Gasteiger partial charge in [0.1, 0.15) is 5.82 Å². The van der Waals surface area contributed by atoms with E-state index < -0.39 is 5.60 Å². The fourth-order valence-electron chi connectivity index (χ4n) is 3.08. The van der Waals surface area contributed by atoms with Gasteiger partial charge in [-0.2, -0.15) is 0 Å². The number of amides is 1. The van der Waals surface area contributed by atoms with E-state index in [9.17, 15) is 14.3 Å². The number of nitrogens with zero attached hydrogens (tertiary/aromatic N) is 1. The number of nitrogens with one attached hydrogen (secondary N) is 1. The predicted molar refractivity (Wildman–Crippen MR) is 90.0 cm³/mol. The Morgan fingerprint density at radius 2 is 2.00 bits per heavy atom. The van der Waals surface area contributed by atoms with Crippen LogP contribution in [0.2, 0.25) is 0 Å². The van der Waals surface area contributed by atoms with E-state index in [1.54, 1.807) is 24.3 Å². The number of carbonyl (C=O) groups is 1. The average Bonchev–Trinajstić information content (AvgIpc) is 2.61. The van der Waals surface area contributed by atoms with Crippen LogP contribution < -0.4 is 5.32 Å². The Hall–Kier alpha value is -2.27. The SMILES string of the molecule is O=C(NCC1(O)CCCCC1)c1ccc(-c2cccc(F)c2)nc1. The number of hydrogen-bond donors (Lipinski definition) is 2. The van der Waals surface area contributed by atoms with E-state index in [1.165, 1.54) is 18.3 Å². The van der Waals surface area contributed by atoms with E-state index in [0.29, 0.717) is 16.8 Å². The van der Waals surface area contributed by atoms with E-state index in [1.807, 2.05) is 0 Å². The third-order valence-electron chi connectivity index (χ3n) is 4.51. The molecule has 1 amide bonds. The van der Waals surface area contributed by atoms with Crippen molar-refractivity contribution in [3.63, 3.8) is 0 Å². The molecule has 0 bridgehead atoms. The minimum Gasteiger partial charge on any atom is -0.388 e. The Labute approximate surface area is 140 Å². The van der Waals surface area contributed by atoms with Crippen molar-refractivity contribution in [1.82, 2.24) is 10.3 Å². The van der Waals surface area contributed by atoms with Crippen molar-refractivity contribution in [2.24, 2.45) is 0 Å². The topological polar surface area (TPSA) is 62.2 Å². The Kier molecular flexibility index (Phi) is 4.90. The van der Waals surface area contributed by atoms with Gasteiger partial charge in [0.15, 0.2) is 0 Å². The second-order valence-electron chi connectivity index (χ2n) is 6.41. The number of pyridine rings is 1. The maximum Gasteiger partial charge on any atom is 0.252 e. The highest BCUT2D eigenvalue weighted by Crippen LogP contribution is 2.27. The molecule has 0 saturated heterocycles. The Morgan fingerprint density at radius 1 is 1.21 bits per heavy atom. The van der Waals surface area contributed by atoms with Crippen molar-refractivity contribution in [2.45, 2.75) is 37.7 Å². The summed E-state index contributed by atoms with van der Waals surface area (Å²) in [7, 11) is 0. The molecule has 0 atom stereocenters. The van der Waals surface area contributed by atoms with Crippen molar-refractivity contribution in [3.05, 3.63) is 54.0 Å². The number of rotatable bonds is 4. The fourth-order valence-corrected chi connectivity index (χ4v) is 3.08. The molecule has 126 valence electrons. The first-order valence-electron chi connectivity index (χ1n) is 8.28. The molecule has 4 nitrogen and oxygen atoms in total. The van der Waals surface area contributed by atoms with Crippen LogP contribution in [-0.2, 0) is 0 Å². The van der Waals surface area contributed by atoms with Crippen molar-refractivity contribution < 1.29 is 14.3 Å². The van der Waals surface area contributed by atoms with Crippen LogP contribution in [0.15, 0.2) is 42.6 Å². The largest absolute Gasteiger partial charge is 0.388 e. The molecule has 1 heterocycles. The van der Waals surface area contributed by atoms with Gasteiger partial charge in [0, 0.05) is 18.3 Å². The molecule has 1 saturated carbocycles. The zero-order valence-corrected chi connectivity index (χ0v) is 13.5. The lowest BCUT2D eigenvalue weighted by molar-refractivity contribution is 0.00525. The van der Waals surface area contributed by atoms with Crippen molar-refractivity contribution in [1.29, 1.82) is 0 Å². The third kappa shape index (κ3) is 3.97. The first-order chi connectivity index (χ1) is 11.6. The van der Waals surface area contributed by atoms with Crippen LogP contribution in [0.5, 0.6) is 0 Å². The highest BCUT2D eigenvalue weighted by atomic mass is 19.1. The van der Waals surface area contributed by atoms with E-state index in [4.69, 9.17) is 0 Å². The lowest BCUT2D eigenvalue weighted by atomic mass is 9.85. The van der Waals surface area contributed by atoms with E-state index in [2.05, 4.69) is 10.3 Å². The monoisotopic (exact) mass is 328 g/mol. The second kappa shape index (κ2) is 7.09. The minimum atomic E-state index is -0.789. The molecule has 2 N–H and O–H groups in total. The quantitative estimate of drug-likeness (QED) is 0.905. The number of hydrogen-bond acceptors (Lipinski definition) is 3. The molecule has 3 rings (SSSR count). The summed E-state index contributed by atoms with van der Waals surface area (Å²) in [5.41, 5.74) is 0.910. The molecule has 1 aromatic carbocycles. The van der Waals surface area contributed by atoms with Gasteiger partial charge in [0.05, 0.1) is 16.9 Å². The summed E-state index contributed by atoms with van der Waals surface area (Å²) >= 11 is 0. The zero-order chi connectivity index (χ0) is 17.0. The molecule has 1 aliphatic carbocycles. The van der Waals surface area contributed by atoms with Gasteiger partial charge in [-0.3, -0.25) is 9.78 Å². The molecular weight excluding hydrogens is 307 g/mol. The lowest BCUT2D eigenvalue weighted by Gasteiger charge is -2.32. The van der Waals surface area contributed by atoms with E-state index >= 15 is 0 Å². The van der Waals surface area contributed by atoms with Crippen molar-refractivity contribution in [3.8, 4) is 11.3 Å². The first kappa shape index (κ1) is 16.6. The van der Waals surface area contributed by atoms with Gasteiger partial charge < -0.3 is 10.4 Å². The molecule has 1 fully saturated rings. The number of carbonyl (C=O) groups excluding carboxylic acids is 1. The fraction of sp³-hybridized carbons (Fsp3) is 0.368. The number of aliphatic hydroxyl groups is 1. The molecule has 2 aromatic rings. The summed E-state index contributed by atoms with van der Waals surface area (Å²) in [5, 5.41) is 13.2. The zero-order valence-electron chi connectivity index (χ0n) is 13.5. The van der Waals surface area contributed by atoms with Gasteiger partial charge in [-0.1, -0.05) is 31.4 Å². The maximum absolute atomic E-state index is 13.3. The molecule has 0 radical (unpaired) electrons. The maximum atomic E-state index is 13.3. The molecular formula is C19H21FN2O2. The molecule has 5 heteroatoms. The minimum absolute atomic E-state index is 0.257. The van der Waals surface area contributed by atoms with E-state index in [0.717, 1.165) is 32.1 Å². The number of halogens is 1. The summed E-state index contributed by atoms with van der Waals surface area (Å²) in [6, 6.07) is 9.52. The van der Waals surface area contributed by atoms with Crippen LogP contribution >= 0.6 is 0 Å². The van der Waals surface area contributed by atoms with Gasteiger partial charge in [-0.05, 0) is 37.1 Å². The first-order valence-corrected chi connectivity index (χ1v) is 8.28. The number of aromatic nitrogens is 1. The van der Waals surface area contributed by atoms with Crippen LogP contribution in [0.1, 0.15) is 42.5 Å². The summed E-state index contributed by atoms with van der Waals surface area (Å²) in [4.78, 5) is 16.4. The highest BCUT2D eigenvalue weighted by molar-refractivity contribution is 5.94. The van der Waals surface area contributed by atoms with Crippen LogP contribution in [0.3, 0.4) is 0 Å². The average molecular weight is 328 g/mol. The van der Waals surface area contributed by atoms with Gasteiger partial charge in [0.2, 0.25) is 0 Å². The standard InChI is InChI=1S/C19H21FN2O2/c20-16-6-4-5-14(11-16)17-8-7-15(12-21-17)18(23)22-13-19(24)9-2-1-3-10-19/h4-8,11-12,24H,1-3,9-10,13H2,(H,22,23). The Balaban J connectivity index is 1.63. The van der Waals surface area contributed by atoms with Gasteiger partial charge in [-0.25, -0.2) is 4.39 Å². The summed E-state index contributed by atoms with van der Waals surface area (Å²) in [6.07, 6.45) is 6.06. The predicted octanol–water partition coefficient (Wildman–Crippen LogP) is 3.31. The number of benzene rings is 1. The molecule has 24 heavy (non-hydrogen) atoms. The van der Waals surface area contributed by atoms with E-state index in [-0.39, 0.29) is 18.3 Å². The normalized spacial score (nSPS) is 16.6. The van der Waals surface area contributed by atoms with Crippen LogP contribution in [0, 0.1) is 5.82 Å². The van der Waals surface area contributed by atoms with Gasteiger partial charge in [-0.15, -0.1) is 0 Å². The third-order valence-corrected chi connectivity index (χ3v) is 4.51. The Morgan fingerprint density at radius 3 is 2.67 bits per heavy atom. The highest BCUT2D eigenvalue weighted by Gasteiger charge is 2.29. The second-order valence-corrected chi connectivity index (χ2v) is 6.41. The van der Waals surface area contributed by atoms with Crippen molar-refractivity contribution >= 4 is 5.91 Å². The molecule has 0 aliphatic heterocycles. The van der Waals surface area contributed by atoms with Gasteiger partial charge >= 0.3 is 0 Å². The summed E-state index contributed by atoms with van der Waals surface area (Å²) in [6.45, 7) is 0.261. The lowest BCUT2D eigenvalue weighted by Crippen LogP contribution is -2.44. The van der Waals surface area contributed by atoms with Gasteiger partial charge in [0.25, 0.3) is 5.91 Å².